The molecule has 45 heavy (non-hydrogen) atoms. The molecule has 4 aromatic carbocycles. The van der Waals surface area contributed by atoms with Gasteiger partial charge in [0.1, 0.15) is 29.2 Å². The summed E-state index contributed by atoms with van der Waals surface area (Å²) < 4.78 is 5.49. The second kappa shape index (κ2) is 13.3. The Morgan fingerprint density at radius 3 is 1.93 bits per heavy atom. The van der Waals surface area contributed by atoms with Gasteiger partial charge in [0.2, 0.25) is 5.91 Å². The summed E-state index contributed by atoms with van der Waals surface area (Å²) in [6.07, 6.45) is -0.713. The molecule has 236 valence electrons. The van der Waals surface area contributed by atoms with Crippen molar-refractivity contribution in [3.8, 4) is 11.5 Å². The van der Waals surface area contributed by atoms with E-state index in [1.54, 1.807) is 51.1 Å². The Kier molecular flexibility index (Phi) is 9.71. The normalized spacial score (nSPS) is 13.0. The number of aromatic hydroxyl groups is 2. The minimum absolute atomic E-state index is 0.0119. The summed E-state index contributed by atoms with van der Waals surface area (Å²) >= 11 is 0. The van der Waals surface area contributed by atoms with Crippen LogP contribution in [0.4, 0.5) is 10.5 Å². The first-order chi connectivity index (χ1) is 21.1. The van der Waals surface area contributed by atoms with Crippen LogP contribution in [0.3, 0.4) is 0 Å². The third-order valence-electron chi connectivity index (χ3n) is 7.06. The SMILES string of the molecule is CC(C)(C)OC(=O)NC(Cc1ccc(O)cc1)C(=O)N(C(C(=O)Nc1ccc2ccccc2c1)c1ccc(O)cc1)C(C)(C)C. The van der Waals surface area contributed by atoms with Gasteiger partial charge in [-0.2, -0.15) is 0 Å². The fraction of sp³-hybridized carbons (Fsp3) is 0.306. The van der Waals surface area contributed by atoms with Gasteiger partial charge in [0.05, 0.1) is 0 Å². The van der Waals surface area contributed by atoms with E-state index in [1.165, 1.54) is 29.2 Å². The Morgan fingerprint density at radius 2 is 1.36 bits per heavy atom. The number of phenolic OH excluding ortho intramolecular Hbond substituents is 2. The van der Waals surface area contributed by atoms with E-state index in [0.29, 0.717) is 16.8 Å². The Balaban J connectivity index is 1.77. The highest BCUT2D eigenvalue weighted by molar-refractivity contribution is 6.00. The van der Waals surface area contributed by atoms with Crippen molar-refractivity contribution in [1.29, 1.82) is 0 Å². The number of hydrogen-bond donors (Lipinski definition) is 4. The van der Waals surface area contributed by atoms with Crippen molar-refractivity contribution >= 4 is 34.4 Å². The number of rotatable bonds is 8. The number of benzene rings is 4. The van der Waals surface area contributed by atoms with Gasteiger partial charge < -0.3 is 30.5 Å². The van der Waals surface area contributed by atoms with Gasteiger partial charge in [0.15, 0.2) is 0 Å². The number of nitrogens with zero attached hydrogens (tertiary/aromatic N) is 1. The zero-order valence-corrected chi connectivity index (χ0v) is 26.5. The number of carbonyl (C=O) groups excluding carboxylic acids is 3. The minimum Gasteiger partial charge on any atom is -0.508 e. The number of amides is 3. The van der Waals surface area contributed by atoms with E-state index in [0.717, 1.165) is 10.8 Å². The highest BCUT2D eigenvalue weighted by Crippen LogP contribution is 2.33. The quantitative estimate of drug-likeness (QED) is 0.176. The maximum Gasteiger partial charge on any atom is 0.408 e. The van der Waals surface area contributed by atoms with Crippen molar-refractivity contribution in [2.75, 3.05) is 5.32 Å². The number of carbonyl (C=O) groups is 3. The Hall–Kier alpha value is -5.05. The van der Waals surface area contributed by atoms with Gasteiger partial charge in [-0.25, -0.2) is 4.79 Å². The first-order valence-electron chi connectivity index (χ1n) is 14.8. The lowest BCUT2D eigenvalue weighted by Crippen LogP contribution is -2.58. The van der Waals surface area contributed by atoms with Crippen molar-refractivity contribution in [3.05, 3.63) is 102 Å². The number of alkyl carbamates (subject to hydrolysis) is 1. The molecule has 0 saturated heterocycles. The van der Waals surface area contributed by atoms with Crippen molar-refractivity contribution in [1.82, 2.24) is 10.2 Å². The molecule has 3 amide bonds. The molecule has 9 nitrogen and oxygen atoms in total. The number of fused-ring (bicyclic) bond motifs is 1. The highest BCUT2D eigenvalue weighted by Gasteiger charge is 2.42. The van der Waals surface area contributed by atoms with Crippen LogP contribution in [0.25, 0.3) is 10.8 Å². The van der Waals surface area contributed by atoms with E-state index < -0.39 is 41.1 Å². The number of hydrogen-bond acceptors (Lipinski definition) is 6. The maximum atomic E-state index is 14.7. The predicted octanol–water partition coefficient (Wildman–Crippen LogP) is 6.69. The molecule has 0 fully saturated rings. The van der Waals surface area contributed by atoms with E-state index in [1.807, 2.05) is 57.2 Å². The highest BCUT2D eigenvalue weighted by atomic mass is 16.6. The van der Waals surface area contributed by atoms with Gasteiger partial charge in [-0.05, 0) is 99.8 Å². The lowest BCUT2D eigenvalue weighted by atomic mass is 9.94. The molecule has 9 heteroatoms. The average molecular weight is 612 g/mol. The number of ether oxygens (including phenoxy) is 1. The number of anilines is 1. The van der Waals surface area contributed by atoms with Gasteiger partial charge in [-0.15, -0.1) is 0 Å². The van der Waals surface area contributed by atoms with Gasteiger partial charge in [0.25, 0.3) is 5.91 Å². The fourth-order valence-electron chi connectivity index (χ4n) is 5.08. The van der Waals surface area contributed by atoms with Crippen molar-refractivity contribution in [2.45, 2.75) is 71.2 Å². The topological polar surface area (TPSA) is 128 Å². The molecule has 0 bridgehead atoms. The van der Waals surface area contributed by atoms with E-state index in [9.17, 15) is 24.6 Å². The first-order valence-corrected chi connectivity index (χ1v) is 14.8. The summed E-state index contributed by atoms with van der Waals surface area (Å²) in [7, 11) is 0. The van der Waals surface area contributed by atoms with Crippen LogP contribution >= 0.6 is 0 Å². The molecule has 0 aliphatic heterocycles. The third kappa shape index (κ3) is 8.75. The van der Waals surface area contributed by atoms with E-state index in [4.69, 9.17) is 4.74 Å². The molecule has 4 N–H and O–H groups in total. The lowest BCUT2D eigenvalue weighted by molar-refractivity contribution is -0.146. The lowest BCUT2D eigenvalue weighted by Gasteiger charge is -2.43. The molecular weight excluding hydrogens is 570 g/mol. The molecule has 4 rings (SSSR count). The van der Waals surface area contributed by atoms with Gasteiger partial charge in [0, 0.05) is 17.6 Å². The Bertz CT molecular complexity index is 1650. The maximum absolute atomic E-state index is 14.7. The van der Waals surface area contributed by atoms with Crippen LogP contribution in [0.1, 0.15) is 58.7 Å². The smallest absolute Gasteiger partial charge is 0.408 e. The van der Waals surface area contributed by atoms with Gasteiger partial charge in [-0.1, -0.05) is 54.6 Å². The van der Waals surface area contributed by atoms with Crippen LogP contribution in [0.2, 0.25) is 0 Å². The predicted molar refractivity (Wildman–Crippen MR) is 175 cm³/mol. The molecule has 0 saturated carbocycles. The first kappa shape index (κ1) is 32.9. The van der Waals surface area contributed by atoms with Crippen molar-refractivity contribution in [2.24, 2.45) is 0 Å². The summed E-state index contributed by atoms with van der Waals surface area (Å²) in [6.45, 7) is 10.6. The van der Waals surface area contributed by atoms with Crippen LogP contribution < -0.4 is 10.6 Å². The van der Waals surface area contributed by atoms with E-state index in [2.05, 4.69) is 10.6 Å². The monoisotopic (exact) mass is 611 g/mol. The molecule has 0 aliphatic carbocycles. The zero-order valence-electron chi connectivity index (χ0n) is 26.5. The largest absolute Gasteiger partial charge is 0.508 e. The second-order valence-corrected chi connectivity index (χ2v) is 13.0. The van der Waals surface area contributed by atoms with Crippen LogP contribution in [-0.2, 0) is 20.7 Å². The van der Waals surface area contributed by atoms with Crippen LogP contribution in [0, 0.1) is 0 Å². The fourth-order valence-corrected chi connectivity index (χ4v) is 5.08. The van der Waals surface area contributed by atoms with E-state index >= 15 is 0 Å². The molecule has 0 spiro atoms. The van der Waals surface area contributed by atoms with Crippen LogP contribution in [0.5, 0.6) is 11.5 Å². The average Bonchev–Trinajstić information content (AvgIpc) is 2.95. The molecule has 2 atom stereocenters. The minimum atomic E-state index is -1.15. The summed E-state index contributed by atoms with van der Waals surface area (Å²) in [5.74, 6) is -0.915. The summed E-state index contributed by atoms with van der Waals surface area (Å²) in [5, 5.41) is 27.5. The molecule has 4 aromatic rings. The van der Waals surface area contributed by atoms with Gasteiger partial charge in [-0.3, -0.25) is 9.59 Å². The van der Waals surface area contributed by atoms with E-state index in [-0.39, 0.29) is 17.9 Å². The molecular formula is C36H41N3O6. The van der Waals surface area contributed by atoms with Crippen LogP contribution in [0.15, 0.2) is 91.0 Å². The zero-order chi connectivity index (χ0) is 32.9. The summed E-state index contributed by atoms with van der Waals surface area (Å²) in [5.41, 5.74) is -0.0264. The second-order valence-electron chi connectivity index (χ2n) is 13.0. The summed E-state index contributed by atoms with van der Waals surface area (Å²) in [4.78, 5) is 43.4. The van der Waals surface area contributed by atoms with Crippen molar-refractivity contribution in [3.63, 3.8) is 0 Å². The third-order valence-corrected chi connectivity index (χ3v) is 7.06. The number of phenols is 2. The summed E-state index contributed by atoms with van der Waals surface area (Å²) in [6, 6.07) is 23.5. The molecule has 2 unspecified atom stereocenters. The molecule has 0 heterocycles. The Labute approximate surface area is 263 Å². The molecule has 0 radical (unpaired) electrons. The van der Waals surface area contributed by atoms with Crippen LogP contribution in [-0.4, -0.2) is 50.2 Å². The standard InChI is InChI=1S/C36H41N3O6/c1-35(2,3)39(33(43)30(38-34(44)45-36(4,5)6)21-23-11-17-28(40)18-12-23)31(25-14-19-29(41)20-15-25)32(42)37-27-16-13-24-9-7-8-10-26(24)22-27/h7-20,22,30-31,40-41H,21H2,1-6H3,(H,37,42)(H,38,44). The molecule has 0 aliphatic rings. The number of nitrogens with one attached hydrogen (secondary N) is 2. The Morgan fingerprint density at radius 1 is 0.778 bits per heavy atom. The van der Waals surface area contributed by atoms with Crippen molar-refractivity contribution < 1.29 is 29.3 Å². The molecule has 0 aromatic heterocycles. The van der Waals surface area contributed by atoms with Gasteiger partial charge >= 0.3 is 6.09 Å².